The third-order valence-corrected chi connectivity index (χ3v) is 4.95. The second kappa shape index (κ2) is 6.21. The summed E-state index contributed by atoms with van der Waals surface area (Å²) in [6.07, 6.45) is 1.16. The lowest BCUT2D eigenvalue weighted by Gasteiger charge is -2.14. The Morgan fingerprint density at radius 3 is 2.29 bits per heavy atom. The Hall–Kier alpha value is -1.31. The molecule has 0 N–H and O–H groups in total. The van der Waals surface area contributed by atoms with Gasteiger partial charge < -0.3 is 4.74 Å². The molecule has 2 aromatic rings. The van der Waals surface area contributed by atoms with Gasteiger partial charge >= 0.3 is 0 Å². The van der Waals surface area contributed by atoms with E-state index < -0.39 is 0 Å². The smallest absolute Gasteiger partial charge is 0.0835 e. The molecule has 2 atom stereocenters. The van der Waals surface area contributed by atoms with Crippen LogP contribution >= 0.6 is 11.6 Å². The first-order valence-electron chi connectivity index (χ1n) is 7.62. The standard InChI is InChI=1S/C19H21ClO/c1-3-13(2)14-4-6-15(7-5-14)19(20)16-8-9-17-11-21-12-18(17)10-16/h4-10,13,19H,3,11-12H2,1-2H3. The summed E-state index contributed by atoms with van der Waals surface area (Å²) in [5, 5.41) is -0.0955. The summed E-state index contributed by atoms with van der Waals surface area (Å²) < 4.78 is 5.47. The van der Waals surface area contributed by atoms with E-state index in [9.17, 15) is 0 Å². The molecule has 1 aliphatic heterocycles. The van der Waals surface area contributed by atoms with Gasteiger partial charge in [-0.15, -0.1) is 11.6 Å². The SMILES string of the molecule is CCC(C)c1ccc(C(Cl)c2ccc3c(c2)COC3)cc1. The van der Waals surface area contributed by atoms with Crippen molar-refractivity contribution in [1.29, 1.82) is 0 Å². The highest BCUT2D eigenvalue weighted by Gasteiger charge is 2.16. The van der Waals surface area contributed by atoms with Gasteiger partial charge in [-0.25, -0.2) is 0 Å². The summed E-state index contributed by atoms with van der Waals surface area (Å²) in [5.41, 5.74) is 6.25. The number of ether oxygens (including phenoxy) is 1. The van der Waals surface area contributed by atoms with Gasteiger partial charge in [0.2, 0.25) is 0 Å². The summed E-state index contributed by atoms with van der Waals surface area (Å²) in [6, 6.07) is 15.2. The fourth-order valence-electron chi connectivity index (χ4n) is 2.77. The lowest BCUT2D eigenvalue weighted by Crippen LogP contribution is -1.97. The van der Waals surface area contributed by atoms with Crippen molar-refractivity contribution in [3.05, 3.63) is 70.3 Å². The van der Waals surface area contributed by atoms with Crippen molar-refractivity contribution < 1.29 is 4.74 Å². The molecule has 0 spiro atoms. The predicted molar refractivity (Wildman–Crippen MR) is 87.8 cm³/mol. The topological polar surface area (TPSA) is 9.23 Å². The number of halogens is 1. The third kappa shape index (κ3) is 3.00. The summed E-state index contributed by atoms with van der Waals surface area (Å²) in [6.45, 7) is 5.91. The molecule has 1 nitrogen and oxygen atoms in total. The van der Waals surface area contributed by atoms with Crippen LogP contribution in [0.5, 0.6) is 0 Å². The average Bonchev–Trinajstić information content (AvgIpc) is 3.01. The first-order chi connectivity index (χ1) is 10.2. The molecule has 3 rings (SSSR count). The van der Waals surface area contributed by atoms with E-state index in [4.69, 9.17) is 16.3 Å². The van der Waals surface area contributed by atoms with Gasteiger partial charge in [-0.05, 0) is 40.2 Å². The second-order valence-corrected chi connectivity index (χ2v) is 6.30. The first kappa shape index (κ1) is 14.6. The molecule has 2 unspecified atom stereocenters. The van der Waals surface area contributed by atoms with Crippen LogP contribution in [0, 0.1) is 0 Å². The molecule has 0 radical (unpaired) electrons. The van der Waals surface area contributed by atoms with Crippen LogP contribution in [-0.2, 0) is 18.0 Å². The zero-order valence-electron chi connectivity index (χ0n) is 12.6. The number of fused-ring (bicyclic) bond motifs is 1. The van der Waals surface area contributed by atoms with Gasteiger partial charge in [-0.1, -0.05) is 56.3 Å². The van der Waals surface area contributed by atoms with Gasteiger partial charge in [0.15, 0.2) is 0 Å². The van der Waals surface area contributed by atoms with Crippen LogP contribution in [0.1, 0.15) is 59.4 Å². The molecule has 0 amide bonds. The Balaban J connectivity index is 1.83. The largest absolute Gasteiger partial charge is 0.372 e. The molecule has 0 aliphatic carbocycles. The van der Waals surface area contributed by atoms with Crippen LogP contribution < -0.4 is 0 Å². The van der Waals surface area contributed by atoms with Crippen LogP contribution in [0.4, 0.5) is 0 Å². The highest BCUT2D eigenvalue weighted by molar-refractivity contribution is 6.22. The minimum Gasteiger partial charge on any atom is -0.372 e. The number of hydrogen-bond donors (Lipinski definition) is 0. The fraction of sp³-hybridized carbons (Fsp3) is 0.368. The van der Waals surface area contributed by atoms with E-state index in [0.29, 0.717) is 12.5 Å². The minimum absolute atomic E-state index is 0.0955. The number of benzene rings is 2. The van der Waals surface area contributed by atoms with Crippen molar-refractivity contribution in [2.45, 2.75) is 44.8 Å². The number of rotatable bonds is 4. The van der Waals surface area contributed by atoms with Gasteiger partial charge in [0.05, 0.1) is 18.6 Å². The molecule has 0 saturated heterocycles. The average molecular weight is 301 g/mol. The normalized spacial score (nSPS) is 16.5. The Morgan fingerprint density at radius 1 is 0.952 bits per heavy atom. The zero-order chi connectivity index (χ0) is 14.8. The quantitative estimate of drug-likeness (QED) is 0.672. The molecule has 110 valence electrons. The van der Waals surface area contributed by atoms with E-state index in [1.807, 2.05) is 0 Å². The zero-order valence-corrected chi connectivity index (χ0v) is 13.4. The molecular weight excluding hydrogens is 280 g/mol. The lowest BCUT2D eigenvalue weighted by molar-refractivity contribution is 0.134. The third-order valence-electron chi connectivity index (χ3n) is 4.45. The minimum atomic E-state index is -0.0955. The van der Waals surface area contributed by atoms with Crippen molar-refractivity contribution in [2.24, 2.45) is 0 Å². The molecule has 0 fully saturated rings. The maximum absolute atomic E-state index is 6.66. The highest BCUT2D eigenvalue weighted by atomic mass is 35.5. The van der Waals surface area contributed by atoms with E-state index in [-0.39, 0.29) is 5.38 Å². The lowest BCUT2D eigenvalue weighted by atomic mass is 9.95. The molecule has 0 bridgehead atoms. The Labute approximate surface area is 131 Å². The molecule has 21 heavy (non-hydrogen) atoms. The van der Waals surface area contributed by atoms with Crippen molar-refractivity contribution in [1.82, 2.24) is 0 Å². The Kier molecular flexibility index (Phi) is 4.32. The van der Waals surface area contributed by atoms with E-state index in [0.717, 1.165) is 24.2 Å². The van der Waals surface area contributed by atoms with Crippen molar-refractivity contribution in [2.75, 3.05) is 0 Å². The van der Waals surface area contributed by atoms with Crippen molar-refractivity contribution >= 4 is 11.6 Å². The maximum atomic E-state index is 6.66. The summed E-state index contributed by atoms with van der Waals surface area (Å²) in [5.74, 6) is 0.602. The van der Waals surface area contributed by atoms with Crippen molar-refractivity contribution in [3.8, 4) is 0 Å². The van der Waals surface area contributed by atoms with Gasteiger partial charge in [-0.2, -0.15) is 0 Å². The first-order valence-corrected chi connectivity index (χ1v) is 8.06. The van der Waals surface area contributed by atoms with E-state index in [1.54, 1.807) is 0 Å². The summed E-state index contributed by atoms with van der Waals surface area (Å²) >= 11 is 6.66. The molecule has 2 aromatic carbocycles. The number of alkyl halides is 1. The number of hydrogen-bond acceptors (Lipinski definition) is 1. The van der Waals surface area contributed by atoms with E-state index >= 15 is 0 Å². The molecule has 1 aliphatic rings. The summed E-state index contributed by atoms with van der Waals surface area (Å²) in [7, 11) is 0. The van der Waals surface area contributed by atoms with E-state index in [1.165, 1.54) is 16.7 Å². The van der Waals surface area contributed by atoms with Gasteiger partial charge in [0, 0.05) is 0 Å². The van der Waals surface area contributed by atoms with Crippen LogP contribution in [-0.4, -0.2) is 0 Å². The van der Waals surface area contributed by atoms with E-state index in [2.05, 4.69) is 56.3 Å². The van der Waals surface area contributed by atoms with Crippen LogP contribution in [0.15, 0.2) is 42.5 Å². The predicted octanol–water partition coefficient (Wildman–Crippen LogP) is 5.56. The molecule has 2 heteroatoms. The van der Waals surface area contributed by atoms with Crippen LogP contribution in [0.25, 0.3) is 0 Å². The molecule has 0 saturated carbocycles. The Morgan fingerprint density at radius 2 is 1.57 bits per heavy atom. The van der Waals surface area contributed by atoms with Crippen molar-refractivity contribution in [3.63, 3.8) is 0 Å². The highest BCUT2D eigenvalue weighted by Crippen LogP contribution is 2.32. The molecular formula is C19H21ClO. The van der Waals surface area contributed by atoms with Gasteiger partial charge in [-0.3, -0.25) is 0 Å². The monoisotopic (exact) mass is 300 g/mol. The van der Waals surface area contributed by atoms with Crippen LogP contribution in [0.3, 0.4) is 0 Å². The summed E-state index contributed by atoms with van der Waals surface area (Å²) in [4.78, 5) is 0. The molecule has 1 heterocycles. The molecule has 0 aromatic heterocycles. The Bertz CT molecular complexity index is 618. The van der Waals surface area contributed by atoms with Gasteiger partial charge in [0.1, 0.15) is 0 Å². The fourth-order valence-corrected chi connectivity index (χ4v) is 3.05. The maximum Gasteiger partial charge on any atom is 0.0835 e. The second-order valence-electron chi connectivity index (χ2n) is 5.86. The van der Waals surface area contributed by atoms with Crippen LogP contribution in [0.2, 0.25) is 0 Å². The van der Waals surface area contributed by atoms with Gasteiger partial charge in [0.25, 0.3) is 0 Å².